The molecule has 0 aliphatic heterocycles. The summed E-state index contributed by atoms with van der Waals surface area (Å²) < 4.78 is 57.7. The molecule has 1 saturated carbocycles. The van der Waals surface area contributed by atoms with Crippen LogP contribution in [0.5, 0.6) is 0 Å². The van der Waals surface area contributed by atoms with Crippen molar-refractivity contribution in [2.45, 2.75) is 57.8 Å². The second kappa shape index (κ2) is 13.7. The molecule has 1 aliphatic rings. The van der Waals surface area contributed by atoms with Gasteiger partial charge in [0.25, 0.3) is 11.5 Å². The molecule has 4 rings (SSSR count). The van der Waals surface area contributed by atoms with E-state index in [9.17, 15) is 27.6 Å². The Labute approximate surface area is 245 Å². The molecule has 1 atom stereocenters. The molecule has 43 heavy (non-hydrogen) atoms. The van der Waals surface area contributed by atoms with E-state index >= 15 is 4.39 Å². The van der Waals surface area contributed by atoms with Gasteiger partial charge >= 0.3 is 11.9 Å². The number of alkyl halides is 3. The van der Waals surface area contributed by atoms with Crippen molar-refractivity contribution in [1.29, 1.82) is 0 Å². The molecule has 1 fully saturated rings. The molecular formula is C31H33F4N5O3. The van der Waals surface area contributed by atoms with E-state index in [0.29, 0.717) is 35.2 Å². The highest BCUT2D eigenvalue weighted by Gasteiger charge is 2.33. The van der Waals surface area contributed by atoms with E-state index in [-0.39, 0.29) is 18.7 Å². The van der Waals surface area contributed by atoms with Gasteiger partial charge in [-0.25, -0.2) is 9.18 Å². The molecule has 12 heteroatoms. The second-order valence-corrected chi connectivity index (χ2v) is 10.4. The zero-order valence-electron chi connectivity index (χ0n) is 23.5. The fraction of sp³-hybridized carbons (Fsp3) is 0.323. The van der Waals surface area contributed by atoms with Crippen LogP contribution in [-0.2, 0) is 11.3 Å². The lowest BCUT2D eigenvalue weighted by atomic mass is 9.99. The van der Waals surface area contributed by atoms with Crippen molar-refractivity contribution in [3.8, 4) is 0 Å². The zero-order valence-corrected chi connectivity index (χ0v) is 23.5. The van der Waals surface area contributed by atoms with Gasteiger partial charge in [-0.3, -0.25) is 19.1 Å². The molecule has 3 aromatic rings. The van der Waals surface area contributed by atoms with Crippen LogP contribution in [0.25, 0.3) is 0 Å². The summed E-state index contributed by atoms with van der Waals surface area (Å²) in [6.07, 6.45) is 1.74. The van der Waals surface area contributed by atoms with Gasteiger partial charge in [0.15, 0.2) is 0 Å². The van der Waals surface area contributed by atoms with Crippen molar-refractivity contribution in [2.75, 3.05) is 10.6 Å². The first-order valence-corrected chi connectivity index (χ1v) is 14.0. The van der Waals surface area contributed by atoms with Gasteiger partial charge in [0.05, 0.1) is 17.3 Å². The van der Waals surface area contributed by atoms with E-state index in [1.807, 2.05) is 0 Å². The Kier molecular flexibility index (Phi) is 10.0. The Hall–Kier alpha value is -4.45. The zero-order chi connectivity index (χ0) is 31.1. The monoisotopic (exact) mass is 599 g/mol. The quantitative estimate of drug-likeness (QED) is 0.120. The molecule has 8 nitrogen and oxygen atoms in total. The summed E-state index contributed by atoms with van der Waals surface area (Å²) in [5, 5.41) is 5.12. The largest absolute Gasteiger partial charge is 0.416 e. The summed E-state index contributed by atoms with van der Waals surface area (Å²) in [7, 11) is 0. The summed E-state index contributed by atoms with van der Waals surface area (Å²) in [5.41, 5.74) is 4.15. The molecule has 1 aliphatic carbocycles. The van der Waals surface area contributed by atoms with E-state index in [1.54, 1.807) is 24.3 Å². The van der Waals surface area contributed by atoms with Gasteiger partial charge in [-0.2, -0.15) is 13.2 Å². The lowest BCUT2D eigenvalue weighted by Crippen LogP contribution is -2.32. The van der Waals surface area contributed by atoms with E-state index in [1.165, 1.54) is 35.9 Å². The summed E-state index contributed by atoms with van der Waals surface area (Å²) in [6.45, 7) is 1.70. The maximum atomic E-state index is 15.0. The highest BCUT2D eigenvalue weighted by Crippen LogP contribution is 2.37. The number of anilines is 2. The number of nitrogens with zero attached hydrogens (tertiary/aromatic N) is 1. The number of H-pyrrole nitrogens is 1. The van der Waals surface area contributed by atoms with Crippen LogP contribution in [0.15, 0.2) is 87.7 Å². The van der Waals surface area contributed by atoms with Crippen LogP contribution in [-0.4, -0.2) is 21.6 Å². The number of carbonyl (C=O) groups excluding carboxylic acids is 1. The number of nitrogens with one attached hydrogen (secondary N) is 3. The van der Waals surface area contributed by atoms with Crippen molar-refractivity contribution in [3.05, 3.63) is 116 Å². The minimum atomic E-state index is -4.74. The van der Waals surface area contributed by atoms with Gasteiger partial charge in [-0.15, -0.1) is 0 Å². The predicted molar refractivity (Wildman–Crippen MR) is 157 cm³/mol. The third-order valence-corrected chi connectivity index (χ3v) is 7.09. The van der Waals surface area contributed by atoms with Crippen LogP contribution in [0.4, 0.5) is 28.9 Å². The van der Waals surface area contributed by atoms with E-state index in [0.717, 1.165) is 31.4 Å². The first kappa shape index (κ1) is 31.5. The Bertz CT molecular complexity index is 1640. The third-order valence-electron chi connectivity index (χ3n) is 7.09. The van der Waals surface area contributed by atoms with E-state index < -0.39 is 46.5 Å². The van der Waals surface area contributed by atoms with Crippen molar-refractivity contribution >= 4 is 17.3 Å². The number of hydrogen-bond acceptors (Lipinski definition) is 5. The fourth-order valence-corrected chi connectivity index (χ4v) is 4.70. The normalized spacial score (nSPS) is 14.8. The van der Waals surface area contributed by atoms with Crippen LogP contribution in [0.2, 0.25) is 0 Å². The highest BCUT2D eigenvalue weighted by molar-refractivity contribution is 6.06. The molecule has 228 valence electrons. The number of amides is 1. The van der Waals surface area contributed by atoms with Crippen LogP contribution < -0.4 is 27.6 Å². The Morgan fingerprint density at radius 1 is 1.14 bits per heavy atom. The van der Waals surface area contributed by atoms with Crippen molar-refractivity contribution in [3.63, 3.8) is 0 Å². The fourth-order valence-electron chi connectivity index (χ4n) is 4.70. The van der Waals surface area contributed by atoms with Gasteiger partial charge in [-0.1, -0.05) is 44.0 Å². The third kappa shape index (κ3) is 8.54. The van der Waals surface area contributed by atoms with Crippen LogP contribution in [0, 0.1) is 11.7 Å². The molecule has 2 aromatic carbocycles. The van der Waals surface area contributed by atoms with Gasteiger partial charge in [0.2, 0.25) is 0 Å². The number of carbonyl (C=O) groups is 1. The van der Waals surface area contributed by atoms with Crippen LogP contribution in [0.3, 0.4) is 0 Å². The lowest BCUT2D eigenvalue weighted by Gasteiger charge is -2.21. The maximum Gasteiger partial charge on any atom is 0.416 e. The smallest absolute Gasteiger partial charge is 0.351 e. The molecular weight excluding hydrogens is 566 g/mol. The highest BCUT2D eigenvalue weighted by atomic mass is 19.4. The van der Waals surface area contributed by atoms with Gasteiger partial charge in [0.1, 0.15) is 11.5 Å². The Balaban J connectivity index is 1.70. The molecule has 1 heterocycles. The molecule has 0 saturated heterocycles. The number of aromatic nitrogens is 2. The first-order chi connectivity index (χ1) is 20.5. The lowest BCUT2D eigenvalue weighted by molar-refractivity contribution is -0.112. The number of rotatable bonds is 12. The minimum Gasteiger partial charge on any atom is -0.351 e. The topological polar surface area (TPSA) is 122 Å². The number of nitrogens with two attached hydrogens (primary N) is 1. The average Bonchev–Trinajstić information content (AvgIpc) is 3.79. The van der Waals surface area contributed by atoms with Crippen LogP contribution >= 0.6 is 0 Å². The molecule has 5 N–H and O–H groups in total. The second-order valence-electron chi connectivity index (χ2n) is 10.4. The molecule has 0 bridgehead atoms. The molecule has 1 unspecified atom stereocenters. The standard InChI is InChI=1S/C31H33F4N5O3/c1-2-4-22(31(33,34)35)17-26(37-23-6-3-5-20(15-23)18-36)29(42)38-25-16-21(10-11-24(25)32)27(12-9-19-7-8-19)40-14-13-28(41)39-30(40)43/h3-6,10-11,13-17,19,27,37H,2,7-9,12,18,36H2,1H3,(H,38,42)(H,39,41,43)/b22-4-,26-17-. The number of aromatic amines is 1. The van der Waals surface area contributed by atoms with Gasteiger partial charge in [0, 0.05) is 24.5 Å². The van der Waals surface area contributed by atoms with Crippen LogP contribution in [0.1, 0.15) is 56.2 Å². The van der Waals surface area contributed by atoms with Crippen molar-refractivity contribution in [2.24, 2.45) is 11.7 Å². The molecule has 0 spiro atoms. The summed E-state index contributed by atoms with van der Waals surface area (Å²) in [4.78, 5) is 39.9. The number of benzene rings is 2. The summed E-state index contributed by atoms with van der Waals surface area (Å²) in [6, 6.07) is 11.1. The number of allylic oxidation sites excluding steroid dienone is 3. The SMILES string of the molecule is CC/C=C(/C=C(\Nc1cccc(CN)c1)C(=O)Nc1cc(C(CCC2CC2)n2ccc(=O)[nH]c2=O)ccc1F)C(F)(F)F. The maximum absolute atomic E-state index is 15.0. The number of hydrogen-bond donors (Lipinski definition) is 4. The van der Waals surface area contributed by atoms with Crippen molar-refractivity contribution < 1.29 is 22.4 Å². The predicted octanol–water partition coefficient (Wildman–Crippen LogP) is 5.75. The molecule has 1 aromatic heterocycles. The van der Waals surface area contributed by atoms with Gasteiger partial charge < -0.3 is 16.4 Å². The number of halogens is 4. The summed E-state index contributed by atoms with van der Waals surface area (Å²) in [5.74, 6) is -1.33. The molecule has 1 amide bonds. The van der Waals surface area contributed by atoms with Crippen molar-refractivity contribution in [1.82, 2.24) is 9.55 Å². The summed E-state index contributed by atoms with van der Waals surface area (Å²) >= 11 is 0. The first-order valence-electron chi connectivity index (χ1n) is 14.0. The van der Waals surface area contributed by atoms with Gasteiger partial charge in [-0.05, 0) is 66.6 Å². The Morgan fingerprint density at radius 3 is 2.56 bits per heavy atom. The minimum absolute atomic E-state index is 0.0614. The van der Waals surface area contributed by atoms with E-state index in [2.05, 4.69) is 15.6 Å². The molecule has 0 radical (unpaired) electrons. The van der Waals surface area contributed by atoms with E-state index in [4.69, 9.17) is 5.73 Å². The average molecular weight is 600 g/mol. The Morgan fingerprint density at radius 2 is 1.91 bits per heavy atom.